The van der Waals surface area contributed by atoms with Gasteiger partial charge in [0.15, 0.2) is 0 Å². The molecule has 2 N–H and O–H groups in total. The number of pyridine rings is 1. The molecule has 0 radical (unpaired) electrons. The number of benzene rings is 2. The molecule has 7 nitrogen and oxygen atoms in total. The van der Waals surface area contributed by atoms with Crippen LogP contribution < -0.4 is 10.6 Å². The molecule has 0 unspecified atom stereocenters. The molecule has 0 saturated carbocycles. The van der Waals surface area contributed by atoms with Crippen molar-refractivity contribution in [1.29, 1.82) is 5.26 Å². The number of anilines is 1. The van der Waals surface area contributed by atoms with Gasteiger partial charge in [-0.2, -0.15) is 5.26 Å². The number of primary amides is 1. The van der Waals surface area contributed by atoms with E-state index in [-0.39, 0.29) is 18.1 Å². The smallest absolute Gasteiger partial charge is 0.248 e. The molecule has 2 aliphatic rings. The highest BCUT2D eigenvalue weighted by Crippen LogP contribution is 2.32. The molecule has 34 heavy (non-hydrogen) atoms. The molecule has 174 valence electrons. The number of fused-ring (bicyclic) bond motifs is 1. The average molecular weight is 456 g/mol. The number of carbonyl (C=O) groups excluding carboxylic acids is 1. The Balaban J connectivity index is 1.31. The Hall–Kier alpha value is -3.47. The van der Waals surface area contributed by atoms with Crippen molar-refractivity contribution < 1.29 is 9.53 Å². The van der Waals surface area contributed by atoms with Gasteiger partial charge in [-0.25, -0.2) is 0 Å². The summed E-state index contributed by atoms with van der Waals surface area (Å²) in [7, 11) is 0. The largest absolute Gasteiger partial charge is 0.370 e. The van der Waals surface area contributed by atoms with Crippen molar-refractivity contribution in [2.24, 2.45) is 5.73 Å². The standard InChI is InChI=1S/C27H29N5O2/c1-18-14-32(25-9-8-19(13-28)26-24(25)7-4-11-30-26)17-21(34-18)16-31-12-10-20(15-31)22-5-2-3-6-23(22)27(29)33/h2-9,11,18,20-21H,10,12,14-17H2,1H3,(H2,29,33)/t18-,20+,21+/m1/s1. The Kier molecular flexibility index (Phi) is 6.18. The van der Waals surface area contributed by atoms with Crippen LogP contribution in [-0.4, -0.2) is 60.7 Å². The minimum Gasteiger partial charge on any atom is -0.370 e. The number of ether oxygens (including phenoxy) is 1. The van der Waals surface area contributed by atoms with E-state index in [1.165, 1.54) is 0 Å². The lowest BCUT2D eigenvalue weighted by atomic mass is 9.93. The summed E-state index contributed by atoms with van der Waals surface area (Å²) in [6.45, 7) is 6.37. The Morgan fingerprint density at radius 2 is 2.03 bits per heavy atom. The summed E-state index contributed by atoms with van der Waals surface area (Å²) in [5.41, 5.74) is 9.72. The molecule has 5 rings (SSSR count). The second-order valence-electron chi connectivity index (χ2n) is 9.31. The van der Waals surface area contributed by atoms with Gasteiger partial charge in [-0.15, -0.1) is 0 Å². The summed E-state index contributed by atoms with van der Waals surface area (Å²) in [6.07, 6.45) is 2.89. The highest BCUT2D eigenvalue weighted by Gasteiger charge is 2.32. The Morgan fingerprint density at radius 1 is 1.18 bits per heavy atom. The lowest BCUT2D eigenvalue weighted by Crippen LogP contribution is -2.50. The number of nitriles is 1. The van der Waals surface area contributed by atoms with Crippen LogP contribution in [0.4, 0.5) is 5.69 Å². The van der Waals surface area contributed by atoms with Gasteiger partial charge in [-0.05, 0) is 61.7 Å². The Labute approximate surface area is 199 Å². The zero-order valence-electron chi connectivity index (χ0n) is 19.4. The lowest BCUT2D eigenvalue weighted by molar-refractivity contribution is -0.0295. The second-order valence-corrected chi connectivity index (χ2v) is 9.31. The summed E-state index contributed by atoms with van der Waals surface area (Å²) >= 11 is 0. The van der Waals surface area contributed by atoms with Gasteiger partial charge in [0, 0.05) is 49.0 Å². The van der Waals surface area contributed by atoms with Crippen LogP contribution in [0.5, 0.6) is 0 Å². The summed E-state index contributed by atoms with van der Waals surface area (Å²) in [5, 5.41) is 10.5. The third-order valence-electron chi connectivity index (χ3n) is 6.93. The van der Waals surface area contributed by atoms with E-state index >= 15 is 0 Å². The van der Waals surface area contributed by atoms with Crippen LogP contribution in [0.3, 0.4) is 0 Å². The maximum absolute atomic E-state index is 11.9. The molecule has 3 aromatic rings. The van der Waals surface area contributed by atoms with Crippen LogP contribution in [0.15, 0.2) is 54.7 Å². The molecule has 3 heterocycles. The SMILES string of the molecule is C[C@@H]1CN(c2ccc(C#N)c3ncccc23)C[C@H](CN2CC[C@H](c3ccccc3C(N)=O)C2)O1. The van der Waals surface area contributed by atoms with E-state index in [1.807, 2.05) is 48.5 Å². The minimum atomic E-state index is -0.363. The van der Waals surface area contributed by atoms with Crippen molar-refractivity contribution in [2.45, 2.75) is 31.5 Å². The van der Waals surface area contributed by atoms with E-state index in [0.29, 0.717) is 17.0 Å². The topological polar surface area (TPSA) is 95.5 Å². The molecule has 2 aromatic carbocycles. The molecular formula is C27H29N5O2. The fourth-order valence-corrected chi connectivity index (χ4v) is 5.48. The normalized spacial score (nSPS) is 23.2. The fourth-order valence-electron chi connectivity index (χ4n) is 5.48. The molecule has 2 fully saturated rings. The first kappa shape index (κ1) is 22.3. The maximum atomic E-state index is 11.9. The van der Waals surface area contributed by atoms with E-state index in [1.54, 1.807) is 6.20 Å². The molecule has 2 saturated heterocycles. The van der Waals surface area contributed by atoms with E-state index in [2.05, 4.69) is 27.8 Å². The summed E-state index contributed by atoms with van der Waals surface area (Å²) < 4.78 is 6.33. The van der Waals surface area contributed by atoms with Crippen LogP contribution in [0, 0.1) is 11.3 Å². The van der Waals surface area contributed by atoms with Crippen LogP contribution in [0.2, 0.25) is 0 Å². The van der Waals surface area contributed by atoms with Crippen molar-refractivity contribution in [1.82, 2.24) is 9.88 Å². The highest BCUT2D eigenvalue weighted by molar-refractivity contribution is 5.95. The molecule has 2 aliphatic heterocycles. The second kappa shape index (κ2) is 9.41. The van der Waals surface area contributed by atoms with Gasteiger partial charge in [0.25, 0.3) is 0 Å². The van der Waals surface area contributed by atoms with E-state index in [4.69, 9.17) is 10.5 Å². The third-order valence-corrected chi connectivity index (χ3v) is 6.93. The predicted octanol–water partition coefficient (Wildman–Crippen LogP) is 3.29. The van der Waals surface area contributed by atoms with Crippen molar-refractivity contribution in [3.05, 3.63) is 71.4 Å². The molecular weight excluding hydrogens is 426 g/mol. The third kappa shape index (κ3) is 4.35. The van der Waals surface area contributed by atoms with E-state index in [9.17, 15) is 10.1 Å². The van der Waals surface area contributed by atoms with Gasteiger partial charge >= 0.3 is 0 Å². The predicted molar refractivity (Wildman–Crippen MR) is 132 cm³/mol. The van der Waals surface area contributed by atoms with Gasteiger partial charge in [0.05, 0.1) is 23.3 Å². The van der Waals surface area contributed by atoms with Gasteiger partial charge in [0.2, 0.25) is 5.91 Å². The summed E-state index contributed by atoms with van der Waals surface area (Å²) in [4.78, 5) is 21.1. The maximum Gasteiger partial charge on any atom is 0.248 e. The van der Waals surface area contributed by atoms with Crippen molar-refractivity contribution >= 4 is 22.5 Å². The van der Waals surface area contributed by atoms with Gasteiger partial charge in [-0.3, -0.25) is 9.78 Å². The molecule has 7 heteroatoms. The van der Waals surface area contributed by atoms with Crippen molar-refractivity contribution in [3.8, 4) is 6.07 Å². The number of nitrogens with two attached hydrogens (primary N) is 1. The molecule has 1 aromatic heterocycles. The quantitative estimate of drug-likeness (QED) is 0.634. The fraction of sp³-hybridized carbons (Fsp3) is 0.370. The molecule has 0 bridgehead atoms. The number of rotatable bonds is 5. The zero-order chi connectivity index (χ0) is 23.7. The summed E-state index contributed by atoms with van der Waals surface area (Å²) in [6, 6.07) is 17.8. The Bertz CT molecular complexity index is 1250. The minimum absolute atomic E-state index is 0.0660. The average Bonchev–Trinajstić information content (AvgIpc) is 3.31. The van der Waals surface area contributed by atoms with E-state index in [0.717, 1.165) is 61.3 Å². The molecule has 0 spiro atoms. The van der Waals surface area contributed by atoms with Crippen molar-refractivity contribution in [3.63, 3.8) is 0 Å². The van der Waals surface area contributed by atoms with Gasteiger partial charge in [-0.1, -0.05) is 18.2 Å². The first-order valence-corrected chi connectivity index (χ1v) is 11.8. The van der Waals surface area contributed by atoms with Crippen LogP contribution in [-0.2, 0) is 4.74 Å². The van der Waals surface area contributed by atoms with E-state index < -0.39 is 0 Å². The number of hydrogen-bond donors (Lipinski definition) is 1. The van der Waals surface area contributed by atoms with Crippen LogP contribution in [0.25, 0.3) is 10.9 Å². The number of likely N-dealkylation sites (tertiary alicyclic amines) is 1. The number of aromatic nitrogens is 1. The summed E-state index contributed by atoms with van der Waals surface area (Å²) in [5.74, 6) is -0.0624. The van der Waals surface area contributed by atoms with Crippen molar-refractivity contribution in [2.75, 3.05) is 37.6 Å². The van der Waals surface area contributed by atoms with Gasteiger partial charge in [0.1, 0.15) is 6.07 Å². The number of hydrogen-bond acceptors (Lipinski definition) is 6. The number of morpholine rings is 1. The Morgan fingerprint density at radius 3 is 2.85 bits per heavy atom. The molecule has 1 amide bonds. The number of nitrogens with zero attached hydrogens (tertiary/aromatic N) is 4. The zero-order valence-corrected chi connectivity index (χ0v) is 19.4. The van der Waals surface area contributed by atoms with Gasteiger partial charge < -0.3 is 20.3 Å². The molecule has 0 aliphatic carbocycles. The highest BCUT2D eigenvalue weighted by atomic mass is 16.5. The monoisotopic (exact) mass is 455 g/mol. The first-order chi connectivity index (χ1) is 16.5. The van der Waals surface area contributed by atoms with Crippen LogP contribution >= 0.6 is 0 Å². The number of amides is 1. The first-order valence-electron chi connectivity index (χ1n) is 11.8. The lowest BCUT2D eigenvalue weighted by Gasteiger charge is -2.40. The number of carbonyl (C=O) groups is 1. The van der Waals surface area contributed by atoms with Crippen LogP contribution in [0.1, 0.15) is 40.7 Å². The molecule has 3 atom stereocenters.